The molecule has 0 saturated heterocycles. The van der Waals surface area contributed by atoms with Gasteiger partial charge in [0.1, 0.15) is 13.1 Å². The molecule has 0 saturated carbocycles. The van der Waals surface area contributed by atoms with Crippen LogP contribution in [0.2, 0.25) is 0 Å². The quantitative estimate of drug-likeness (QED) is 0.458. The molecule has 1 atom stereocenters. The average molecular weight is 386 g/mol. The van der Waals surface area contributed by atoms with E-state index in [9.17, 15) is 32.8 Å². The van der Waals surface area contributed by atoms with Gasteiger partial charge >= 0.3 is 13.3 Å². The van der Waals surface area contributed by atoms with Crippen LogP contribution in [-0.4, -0.2) is 59.1 Å². The van der Waals surface area contributed by atoms with Crippen LogP contribution in [0, 0.1) is 13.8 Å². The lowest BCUT2D eigenvalue weighted by Crippen LogP contribution is -2.52. The van der Waals surface area contributed by atoms with Crippen molar-refractivity contribution in [1.29, 1.82) is 0 Å². The molecule has 1 aromatic rings. The van der Waals surface area contributed by atoms with E-state index in [1.54, 1.807) is 6.07 Å². The summed E-state index contributed by atoms with van der Waals surface area (Å²) in [6, 6.07) is 5.47. The first kappa shape index (κ1) is 22.7. The van der Waals surface area contributed by atoms with Crippen molar-refractivity contribution >= 4 is 18.9 Å². The number of hydrogen-bond acceptors (Lipinski definition) is 4. The lowest BCUT2D eigenvalue weighted by atomic mass is 9.75. The molecule has 0 heterocycles. The van der Waals surface area contributed by atoms with Crippen LogP contribution in [0.15, 0.2) is 30.9 Å². The van der Waals surface area contributed by atoms with E-state index < -0.39 is 44.1 Å². The van der Waals surface area contributed by atoms with Gasteiger partial charge in [0.25, 0.3) is 0 Å². The number of aryl methyl sites for hydroxylation is 2. The maximum atomic E-state index is 12.6. The molecule has 0 aromatic heterocycles. The second-order valence-corrected chi connectivity index (χ2v) is 6.24. The minimum absolute atomic E-state index is 0.0597. The molecule has 1 unspecified atom stereocenters. The van der Waals surface area contributed by atoms with Crippen LogP contribution in [0.3, 0.4) is 0 Å². The van der Waals surface area contributed by atoms with Crippen molar-refractivity contribution in [3.8, 4) is 0 Å². The molecule has 0 aliphatic heterocycles. The third-order valence-corrected chi connectivity index (χ3v) is 3.84. The normalized spacial score (nSPS) is 12.3. The maximum absolute atomic E-state index is 12.6. The molecule has 0 radical (unpaired) electrons. The molecule has 27 heavy (non-hydrogen) atoms. The number of carbonyl (C=O) groups is 2. The highest BCUT2D eigenvalue weighted by molar-refractivity contribution is 6.43. The van der Waals surface area contributed by atoms with Crippen LogP contribution in [-0.2, 0) is 16.0 Å². The summed E-state index contributed by atoms with van der Waals surface area (Å²) in [5.41, 5.74) is 2.62. The number of alkyl halides is 3. The van der Waals surface area contributed by atoms with Gasteiger partial charge in [-0.1, -0.05) is 30.3 Å². The average Bonchev–Trinajstić information content (AvgIpc) is 2.53. The number of halogens is 3. The van der Waals surface area contributed by atoms with Crippen LogP contribution in [0.5, 0.6) is 0 Å². The van der Waals surface area contributed by atoms with E-state index in [2.05, 4.69) is 11.9 Å². The Hall–Kier alpha value is -2.33. The van der Waals surface area contributed by atoms with E-state index in [0.29, 0.717) is 6.08 Å². The van der Waals surface area contributed by atoms with Gasteiger partial charge in [0.2, 0.25) is 11.8 Å². The van der Waals surface area contributed by atoms with Crippen molar-refractivity contribution in [1.82, 2.24) is 10.2 Å². The second kappa shape index (κ2) is 9.56. The van der Waals surface area contributed by atoms with E-state index >= 15 is 0 Å². The Kier molecular flexibility index (Phi) is 8.05. The fourth-order valence-corrected chi connectivity index (χ4v) is 2.53. The van der Waals surface area contributed by atoms with Crippen LogP contribution in [0.4, 0.5) is 13.2 Å². The van der Waals surface area contributed by atoms with Crippen molar-refractivity contribution in [3.63, 3.8) is 0 Å². The summed E-state index contributed by atoms with van der Waals surface area (Å²) in [5.74, 6) is -3.15. The van der Waals surface area contributed by atoms with Gasteiger partial charge in [0.15, 0.2) is 0 Å². The minimum atomic E-state index is -4.69. The zero-order valence-electron chi connectivity index (χ0n) is 15.1. The third kappa shape index (κ3) is 7.84. The lowest BCUT2D eigenvalue weighted by molar-refractivity contribution is -0.160. The fourth-order valence-electron chi connectivity index (χ4n) is 2.53. The Morgan fingerprint density at radius 2 is 1.96 bits per heavy atom. The SMILES string of the molecule is C=CC(=O)N(CC(=O)NC(Cc1ccc(C)cc1C)B(O)O)CC(F)(F)F. The summed E-state index contributed by atoms with van der Waals surface area (Å²) in [4.78, 5) is 23.9. The van der Waals surface area contributed by atoms with Crippen molar-refractivity contribution in [2.75, 3.05) is 13.1 Å². The van der Waals surface area contributed by atoms with Crippen LogP contribution in [0.25, 0.3) is 0 Å². The largest absolute Gasteiger partial charge is 0.475 e. The highest BCUT2D eigenvalue weighted by atomic mass is 19.4. The van der Waals surface area contributed by atoms with Crippen molar-refractivity contribution < 1.29 is 32.8 Å². The topological polar surface area (TPSA) is 89.9 Å². The number of benzene rings is 1. The van der Waals surface area contributed by atoms with E-state index in [0.717, 1.165) is 16.7 Å². The maximum Gasteiger partial charge on any atom is 0.475 e. The van der Waals surface area contributed by atoms with Gasteiger partial charge in [0, 0.05) is 0 Å². The van der Waals surface area contributed by atoms with Crippen LogP contribution < -0.4 is 5.32 Å². The van der Waals surface area contributed by atoms with E-state index in [1.807, 2.05) is 26.0 Å². The summed E-state index contributed by atoms with van der Waals surface area (Å²) in [5, 5.41) is 21.3. The van der Waals surface area contributed by atoms with Gasteiger partial charge in [-0.25, -0.2) is 0 Å². The van der Waals surface area contributed by atoms with E-state index in [4.69, 9.17) is 0 Å². The zero-order valence-corrected chi connectivity index (χ0v) is 15.1. The Morgan fingerprint density at radius 3 is 2.44 bits per heavy atom. The Labute approximate surface area is 155 Å². The van der Waals surface area contributed by atoms with Crippen LogP contribution >= 0.6 is 0 Å². The van der Waals surface area contributed by atoms with Gasteiger partial charge in [-0.05, 0) is 37.5 Å². The highest BCUT2D eigenvalue weighted by Crippen LogP contribution is 2.17. The number of carbonyl (C=O) groups excluding carboxylic acids is 2. The summed E-state index contributed by atoms with van der Waals surface area (Å²) in [7, 11) is -1.93. The number of nitrogens with one attached hydrogen (secondary N) is 1. The summed E-state index contributed by atoms with van der Waals surface area (Å²) in [6.45, 7) is 4.32. The lowest BCUT2D eigenvalue weighted by Gasteiger charge is -2.24. The molecule has 0 spiro atoms. The predicted octanol–water partition coefficient (Wildman–Crippen LogP) is 0.920. The van der Waals surface area contributed by atoms with Crippen LogP contribution in [0.1, 0.15) is 16.7 Å². The van der Waals surface area contributed by atoms with E-state index in [-0.39, 0.29) is 11.3 Å². The Morgan fingerprint density at radius 1 is 1.33 bits per heavy atom. The first-order chi connectivity index (χ1) is 12.4. The Balaban J connectivity index is 2.84. The molecule has 6 nitrogen and oxygen atoms in total. The zero-order chi connectivity index (χ0) is 20.8. The number of nitrogens with zero attached hydrogens (tertiary/aromatic N) is 1. The molecule has 0 fully saturated rings. The van der Waals surface area contributed by atoms with Gasteiger partial charge in [-0.3, -0.25) is 9.59 Å². The first-order valence-electron chi connectivity index (χ1n) is 8.12. The van der Waals surface area contributed by atoms with Crippen molar-refractivity contribution in [2.45, 2.75) is 32.4 Å². The van der Waals surface area contributed by atoms with Gasteiger partial charge in [-0.2, -0.15) is 13.2 Å². The molecule has 3 N–H and O–H groups in total. The predicted molar refractivity (Wildman–Crippen MR) is 94.6 cm³/mol. The summed E-state index contributed by atoms with van der Waals surface area (Å²) < 4.78 is 37.7. The van der Waals surface area contributed by atoms with E-state index in [1.165, 1.54) is 0 Å². The summed E-state index contributed by atoms with van der Waals surface area (Å²) in [6.07, 6.45) is -3.95. The highest BCUT2D eigenvalue weighted by Gasteiger charge is 2.34. The third-order valence-electron chi connectivity index (χ3n) is 3.84. The molecular weight excluding hydrogens is 364 g/mol. The molecule has 10 heteroatoms. The van der Waals surface area contributed by atoms with Gasteiger partial charge < -0.3 is 20.3 Å². The summed E-state index contributed by atoms with van der Waals surface area (Å²) >= 11 is 0. The number of rotatable bonds is 8. The first-order valence-corrected chi connectivity index (χ1v) is 8.12. The molecular formula is C17H22BF3N2O4. The van der Waals surface area contributed by atoms with Crippen molar-refractivity contribution in [3.05, 3.63) is 47.5 Å². The standard InChI is InChI=1S/C17H22BF3N2O4/c1-4-16(25)23(10-17(19,20)21)9-15(24)22-14(18(26)27)8-13-6-5-11(2)7-12(13)3/h4-7,14,26-27H,1,8-10H2,2-3H3,(H,22,24). The molecule has 0 aliphatic rings. The minimum Gasteiger partial charge on any atom is -0.426 e. The molecule has 0 aliphatic carbocycles. The molecule has 148 valence electrons. The number of hydrogen-bond donors (Lipinski definition) is 3. The van der Waals surface area contributed by atoms with Crippen molar-refractivity contribution in [2.24, 2.45) is 0 Å². The smallest absolute Gasteiger partial charge is 0.426 e. The monoisotopic (exact) mass is 386 g/mol. The molecule has 1 rings (SSSR count). The van der Waals surface area contributed by atoms with Gasteiger partial charge in [0.05, 0.1) is 5.94 Å². The molecule has 2 amide bonds. The second-order valence-electron chi connectivity index (χ2n) is 6.24. The molecule has 0 bridgehead atoms. The van der Waals surface area contributed by atoms with Gasteiger partial charge in [-0.15, -0.1) is 0 Å². The fraction of sp³-hybridized carbons (Fsp3) is 0.412. The number of amides is 2. The Bertz CT molecular complexity index is 695. The molecule has 1 aromatic carbocycles.